The lowest BCUT2D eigenvalue weighted by molar-refractivity contribution is 0.0594. The molecule has 112 valence electrons. The number of hydrogen-bond donors (Lipinski definition) is 2. The Hall–Kier alpha value is -1.78. The van der Waals surface area contributed by atoms with Gasteiger partial charge in [-0.05, 0) is 36.2 Å². The van der Waals surface area contributed by atoms with Crippen molar-refractivity contribution in [2.75, 3.05) is 7.11 Å². The normalized spacial score (nSPS) is 12.1. The predicted octanol–water partition coefficient (Wildman–Crippen LogP) is 3.70. The fourth-order valence-corrected chi connectivity index (χ4v) is 2.43. The molecule has 1 unspecified atom stereocenters. The highest BCUT2D eigenvalue weighted by Crippen LogP contribution is 2.20. The van der Waals surface area contributed by atoms with E-state index in [1.165, 1.54) is 7.11 Å². The maximum Gasteiger partial charge on any atom is 0.354 e. The first kappa shape index (κ1) is 15.6. The first-order chi connectivity index (χ1) is 10.1. The summed E-state index contributed by atoms with van der Waals surface area (Å²) in [5.74, 6) is -0.358. The zero-order valence-corrected chi connectivity index (χ0v) is 12.9. The Labute approximate surface area is 129 Å². The largest absolute Gasteiger partial charge is 0.464 e. The van der Waals surface area contributed by atoms with Gasteiger partial charge >= 0.3 is 5.97 Å². The van der Waals surface area contributed by atoms with E-state index in [1.807, 2.05) is 24.3 Å². The van der Waals surface area contributed by atoms with Crippen LogP contribution in [0.3, 0.4) is 0 Å². The molecule has 0 radical (unpaired) electrons. The number of rotatable bonds is 6. The monoisotopic (exact) mass is 306 g/mol. The summed E-state index contributed by atoms with van der Waals surface area (Å²) in [7, 11) is 1.37. The highest BCUT2D eigenvalue weighted by Gasteiger charge is 2.11. The van der Waals surface area contributed by atoms with Crippen LogP contribution in [0.15, 0.2) is 36.4 Å². The van der Waals surface area contributed by atoms with Crippen LogP contribution in [0.5, 0.6) is 0 Å². The van der Waals surface area contributed by atoms with Crippen molar-refractivity contribution in [3.8, 4) is 0 Å². The summed E-state index contributed by atoms with van der Waals surface area (Å²) in [4.78, 5) is 14.4. The molecule has 2 aromatic rings. The van der Waals surface area contributed by atoms with Gasteiger partial charge in [0.15, 0.2) is 0 Å². The van der Waals surface area contributed by atoms with Gasteiger partial charge in [0.05, 0.1) is 7.11 Å². The number of esters is 1. The number of methoxy groups -OCH3 is 1. The van der Waals surface area contributed by atoms with E-state index in [9.17, 15) is 4.79 Å². The first-order valence-electron chi connectivity index (χ1n) is 6.89. The molecular weight excluding hydrogens is 288 g/mol. The predicted molar refractivity (Wildman–Crippen MR) is 83.5 cm³/mol. The van der Waals surface area contributed by atoms with E-state index in [-0.39, 0.29) is 12.0 Å². The van der Waals surface area contributed by atoms with Crippen LogP contribution in [0.4, 0.5) is 0 Å². The van der Waals surface area contributed by atoms with Crippen molar-refractivity contribution < 1.29 is 9.53 Å². The van der Waals surface area contributed by atoms with Crippen LogP contribution in [0.2, 0.25) is 5.02 Å². The first-order valence-corrected chi connectivity index (χ1v) is 7.27. The van der Waals surface area contributed by atoms with Gasteiger partial charge in [0.25, 0.3) is 0 Å². The van der Waals surface area contributed by atoms with Crippen molar-refractivity contribution in [2.24, 2.45) is 0 Å². The highest BCUT2D eigenvalue weighted by molar-refractivity contribution is 6.30. The zero-order chi connectivity index (χ0) is 15.2. The molecule has 0 bridgehead atoms. The second-order valence-corrected chi connectivity index (χ2v) is 5.22. The molecule has 0 saturated carbocycles. The Kier molecular flexibility index (Phi) is 5.42. The molecule has 1 heterocycles. The molecule has 0 saturated heterocycles. The average molecular weight is 307 g/mol. The number of hydrogen-bond acceptors (Lipinski definition) is 3. The molecule has 4 nitrogen and oxygen atoms in total. The van der Waals surface area contributed by atoms with E-state index in [1.54, 1.807) is 6.07 Å². The Bertz CT molecular complexity index is 610. The Morgan fingerprint density at radius 1 is 1.38 bits per heavy atom. The number of ether oxygens (including phenoxy) is 1. The van der Waals surface area contributed by atoms with Gasteiger partial charge in [0.2, 0.25) is 0 Å². The van der Waals surface area contributed by atoms with Crippen LogP contribution in [0.25, 0.3) is 0 Å². The van der Waals surface area contributed by atoms with Gasteiger partial charge < -0.3 is 15.0 Å². The lowest BCUT2D eigenvalue weighted by Gasteiger charge is -2.17. The number of H-pyrrole nitrogens is 1. The van der Waals surface area contributed by atoms with Crippen molar-refractivity contribution in [1.29, 1.82) is 0 Å². The molecule has 2 N–H and O–H groups in total. The summed E-state index contributed by atoms with van der Waals surface area (Å²) in [6, 6.07) is 11.7. The lowest BCUT2D eigenvalue weighted by Crippen LogP contribution is -2.20. The van der Waals surface area contributed by atoms with Gasteiger partial charge in [-0.15, -0.1) is 0 Å². The van der Waals surface area contributed by atoms with Crippen LogP contribution in [0.1, 0.15) is 41.1 Å². The van der Waals surface area contributed by atoms with Gasteiger partial charge in [-0.25, -0.2) is 4.79 Å². The number of carbonyl (C=O) groups is 1. The number of aromatic nitrogens is 1. The third-order valence-electron chi connectivity index (χ3n) is 3.35. The molecule has 0 aliphatic heterocycles. The molecule has 1 atom stereocenters. The maximum absolute atomic E-state index is 11.4. The van der Waals surface area contributed by atoms with Gasteiger partial charge in [0.1, 0.15) is 5.69 Å². The summed E-state index contributed by atoms with van der Waals surface area (Å²) in [6.07, 6.45) is 0.949. The average Bonchev–Trinajstić information content (AvgIpc) is 2.96. The summed E-state index contributed by atoms with van der Waals surface area (Å²) in [5, 5.41) is 4.19. The topological polar surface area (TPSA) is 54.1 Å². The third-order valence-corrected chi connectivity index (χ3v) is 3.59. The SMILES string of the molecule is CCC(NCc1ccc(C(=O)OC)[nH]1)c1cccc(Cl)c1. The quantitative estimate of drug-likeness (QED) is 0.800. The summed E-state index contributed by atoms with van der Waals surface area (Å²) in [5.41, 5.74) is 2.56. The third kappa shape index (κ3) is 4.09. The molecule has 1 aromatic carbocycles. The summed E-state index contributed by atoms with van der Waals surface area (Å²) in [6.45, 7) is 2.76. The minimum absolute atomic E-state index is 0.216. The van der Waals surface area contributed by atoms with E-state index in [4.69, 9.17) is 11.6 Å². The molecule has 0 aliphatic carbocycles. The Morgan fingerprint density at radius 2 is 2.19 bits per heavy atom. The van der Waals surface area contributed by atoms with Gasteiger partial charge in [-0.2, -0.15) is 0 Å². The lowest BCUT2D eigenvalue weighted by atomic mass is 10.0. The van der Waals surface area contributed by atoms with Crippen LogP contribution in [0, 0.1) is 0 Å². The van der Waals surface area contributed by atoms with Crippen molar-refractivity contribution in [1.82, 2.24) is 10.3 Å². The van der Waals surface area contributed by atoms with Crippen LogP contribution < -0.4 is 5.32 Å². The second-order valence-electron chi connectivity index (χ2n) is 4.79. The fourth-order valence-electron chi connectivity index (χ4n) is 2.23. The standard InChI is InChI=1S/C16H19ClN2O2/c1-3-14(11-5-4-6-12(17)9-11)18-10-13-7-8-15(19-13)16(20)21-2/h4-9,14,18-19H,3,10H2,1-2H3. The van der Waals surface area contributed by atoms with Crippen molar-refractivity contribution in [3.63, 3.8) is 0 Å². The number of carbonyl (C=O) groups excluding carboxylic acids is 1. The van der Waals surface area contributed by atoms with Crippen molar-refractivity contribution in [3.05, 3.63) is 58.4 Å². The van der Waals surface area contributed by atoms with Crippen LogP contribution in [-0.2, 0) is 11.3 Å². The van der Waals surface area contributed by atoms with Gasteiger partial charge in [-0.3, -0.25) is 0 Å². The van der Waals surface area contributed by atoms with Crippen LogP contribution >= 0.6 is 11.6 Å². The minimum Gasteiger partial charge on any atom is -0.464 e. The number of aromatic amines is 1. The summed E-state index contributed by atoms with van der Waals surface area (Å²) >= 11 is 6.03. The molecule has 0 aliphatic rings. The van der Waals surface area contributed by atoms with E-state index in [2.05, 4.69) is 28.0 Å². The molecule has 0 fully saturated rings. The molecule has 0 spiro atoms. The second kappa shape index (κ2) is 7.29. The molecule has 21 heavy (non-hydrogen) atoms. The minimum atomic E-state index is -0.358. The van der Waals surface area contributed by atoms with Crippen molar-refractivity contribution >= 4 is 17.6 Å². The number of halogens is 1. The smallest absolute Gasteiger partial charge is 0.354 e. The van der Waals surface area contributed by atoms with Crippen LogP contribution in [-0.4, -0.2) is 18.1 Å². The summed E-state index contributed by atoms with van der Waals surface area (Å²) < 4.78 is 4.67. The number of benzene rings is 1. The molecule has 1 aromatic heterocycles. The van der Waals surface area contributed by atoms with Gasteiger partial charge in [-0.1, -0.05) is 30.7 Å². The highest BCUT2D eigenvalue weighted by atomic mass is 35.5. The zero-order valence-electron chi connectivity index (χ0n) is 12.2. The van der Waals surface area contributed by atoms with Crippen molar-refractivity contribution in [2.45, 2.75) is 25.9 Å². The van der Waals surface area contributed by atoms with E-state index in [0.29, 0.717) is 12.2 Å². The van der Waals surface area contributed by atoms with E-state index < -0.39 is 0 Å². The van der Waals surface area contributed by atoms with E-state index >= 15 is 0 Å². The maximum atomic E-state index is 11.4. The fraction of sp³-hybridized carbons (Fsp3) is 0.312. The Balaban J connectivity index is 2.00. The molecular formula is C16H19ClN2O2. The van der Waals surface area contributed by atoms with Gasteiger partial charge in [0, 0.05) is 23.3 Å². The van der Waals surface area contributed by atoms with E-state index in [0.717, 1.165) is 22.7 Å². The molecule has 5 heteroatoms. The number of nitrogens with one attached hydrogen (secondary N) is 2. The molecule has 0 amide bonds. The Morgan fingerprint density at radius 3 is 2.86 bits per heavy atom. The molecule has 2 rings (SSSR count).